The summed E-state index contributed by atoms with van der Waals surface area (Å²) in [5, 5.41) is 2.66. The molecule has 1 saturated carbocycles. The average molecular weight is 652 g/mol. The minimum atomic E-state index is -5.22. The predicted octanol–water partition coefficient (Wildman–Crippen LogP) is 6.53. The van der Waals surface area contributed by atoms with Gasteiger partial charge in [-0.15, -0.1) is 0 Å². The van der Waals surface area contributed by atoms with Crippen molar-refractivity contribution < 1.29 is 49.1 Å². The maximum absolute atomic E-state index is 13.4. The van der Waals surface area contributed by atoms with Gasteiger partial charge in [0.25, 0.3) is 5.91 Å². The van der Waals surface area contributed by atoms with Crippen molar-refractivity contribution in [1.29, 1.82) is 0 Å². The Morgan fingerprint density at radius 1 is 0.909 bits per heavy atom. The van der Waals surface area contributed by atoms with Crippen LogP contribution in [0.15, 0.2) is 48.5 Å². The number of halogens is 6. The molecule has 3 rings (SSSR count). The molecule has 0 aromatic heterocycles. The van der Waals surface area contributed by atoms with Crippen molar-refractivity contribution >= 4 is 22.2 Å². The van der Waals surface area contributed by atoms with Gasteiger partial charge in [-0.3, -0.25) is 4.79 Å². The first-order valence-electron chi connectivity index (χ1n) is 14.2. The van der Waals surface area contributed by atoms with Gasteiger partial charge in [-0.05, 0) is 67.7 Å². The number of hydrogen-bond acceptors (Lipinski definition) is 5. The molecule has 0 atom stereocenters. The summed E-state index contributed by atoms with van der Waals surface area (Å²) < 4.78 is 115. The van der Waals surface area contributed by atoms with Gasteiger partial charge in [0.15, 0.2) is 0 Å². The van der Waals surface area contributed by atoms with E-state index in [1.165, 1.54) is 12.1 Å². The summed E-state index contributed by atoms with van der Waals surface area (Å²) in [4.78, 5) is 25.2. The number of nitrogens with one attached hydrogen (secondary N) is 2. The second-order valence-corrected chi connectivity index (χ2v) is 12.4. The van der Waals surface area contributed by atoms with Crippen molar-refractivity contribution in [1.82, 2.24) is 14.3 Å². The molecule has 0 spiro atoms. The average Bonchev–Trinajstić information content (AvgIpc) is 2.97. The number of nitrogens with zero attached hydrogens (tertiary/aromatic N) is 1. The highest BCUT2D eigenvalue weighted by Gasteiger charge is 2.39. The first kappa shape index (κ1) is 35.2. The molecule has 1 aliphatic carbocycles. The molecule has 1 aliphatic rings. The van der Waals surface area contributed by atoms with Crippen LogP contribution in [0.25, 0.3) is 0 Å². The Balaban J connectivity index is 1.73. The smallest absolute Gasteiger partial charge is 0.416 e. The lowest BCUT2D eigenvalue weighted by Gasteiger charge is -2.29. The van der Waals surface area contributed by atoms with Crippen LogP contribution >= 0.6 is 0 Å². The molecule has 1 fully saturated rings. The molecular formula is C29H35F6N3O5S. The molecule has 0 bridgehead atoms. The van der Waals surface area contributed by atoms with Gasteiger partial charge in [-0.2, -0.15) is 39.5 Å². The van der Waals surface area contributed by atoms with Gasteiger partial charge in [0, 0.05) is 18.7 Å². The number of amides is 2. The Morgan fingerprint density at radius 2 is 1.48 bits per heavy atom. The number of ether oxygens (including phenoxy) is 1. The maximum atomic E-state index is 13.4. The zero-order valence-corrected chi connectivity index (χ0v) is 24.8. The molecule has 2 aromatic carbocycles. The highest BCUT2D eigenvalue weighted by molar-refractivity contribution is 7.87. The Bertz CT molecular complexity index is 1330. The molecule has 0 heterocycles. The van der Waals surface area contributed by atoms with Gasteiger partial charge in [-0.1, -0.05) is 43.7 Å². The summed E-state index contributed by atoms with van der Waals surface area (Å²) in [6.07, 6.45) is -6.75. The molecule has 15 heteroatoms. The zero-order chi connectivity index (χ0) is 32.5. The number of rotatable bonds is 12. The SMILES string of the molecule is CCCCNC(=O)OCC1CCC(CNS(=O)(=O)N(Cc2ccccc2)C(=O)c2cc(C(F)(F)F)cc(C(F)(F)F)c2)CC1. The lowest BCUT2D eigenvalue weighted by atomic mass is 9.82. The molecule has 2 amide bonds. The van der Waals surface area contributed by atoms with Gasteiger partial charge in [-0.25, -0.2) is 9.10 Å². The van der Waals surface area contributed by atoms with Crippen molar-refractivity contribution in [3.63, 3.8) is 0 Å². The fourth-order valence-electron chi connectivity index (χ4n) is 4.75. The summed E-state index contributed by atoms with van der Waals surface area (Å²) in [5.41, 5.74) is -4.26. The lowest BCUT2D eigenvalue weighted by Crippen LogP contribution is -2.45. The van der Waals surface area contributed by atoms with E-state index >= 15 is 0 Å². The van der Waals surface area contributed by atoms with Crippen LogP contribution in [0.2, 0.25) is 0 Å². The van der Waals surface area contributed by atoms with Crippen molar-refractivity contribution in [2.24, 2.45) is 11.8 Å². The van der Waals surface area contributed by atoms with E-state index < -0.39 is 57.8 Å². The molecule has 244 valence electrons. The van der Waals surface area contributed by atoms with E-state index in [-0.39, 0.29) is 53.1 Å². The number of carbonyl (C=O) groups excluding carboxylic acids is 2. The molecule has 2 N–H and O–H groups in total. The quantitative estimate of drug-likeness (QED) is 0.201. The largest absolute Gasteiger partial charge is 0.449 e. The lowest BCUT2D eigenvalue weighted by molar-refractivity contribution is -0.143. The maximum Gasteiger partial charge on any atom is 0.416 e. The highest BCUT2D eigenvalue weighted by Crippen LogP contribution is 2.37. The predicted molar refractivity (Wildman–Crippen MR) is 149 cm³/mol. The van der Waals surface area contributed by atoms with E-state index in [4.69, 9.17) is 4.74 Å². The van der Waals surface area contributed by atoms with Gasteiger partial charge in [0.05, 0.1) is 24.3 Å². The number of benzene rings is 2. The molecule has 8 nitrogen and oxygen atoms in total. The number of carbonyl (C=O) groups is 2. The fraction of sp³-hybridized carbons (Fsp3) is 0.517. The topological polar surface area (TPSA) is 105 Å². The Labute approximate surface area is 252 Å². The van der Waals surface area contributed by atoms with Crippen molar-refractivity contribution in [2.75, 3.05) is 19.7 Å². The van der Waals surface area contributed by atoms with Crippen LogP contribution in [0.3, 0.4) is 0 Å². The molecule has 0 radical (unpaired) electrons. The van der Waals surface area contributed by atoms with E-state index in [0.717, 1.165) is 12.8 Å². The van der Waals surface area contributed by atoms with E-state index in [0.29, 0.717) is 32.2 Å². The van der Waals surface area contributed by atoms with Crippen molar-refractivity contribution in [2.45, 2.75) is 64.3 Å². The third-order valence-corrected chi connectivity index (χ3v) is 8.70. The van der Waals surface area contributed by atoms with Crippen LogP contribution in [0.1, 0.15) is 72.5 Å². The summed E-state index contributed by atoms with van der Waals surface area (Å²) >= 11 is 0. The standard InChI is InChI=1S/C29H35F6N3O5S/c1-2-3-13-36-27(40)43-19-22-11-9-20(10-12-22)17-37-44(41,42)38(18-21-7-5-4-6-8-21)26(39)23-14-24(28(30,31)32)16-25(15-23)29(33,34)35/h4-8,14-16,20,22,37H,2-3,9-13,17-19H2,1H3,(H,36,40). The van der Waals surface area contributed by atoms with Crippen LogP contribution in [0.4, 0.5) is 31.1 Å². The molecule has 2 aromatic rings. The molecule has 44 heavy (non-hydrogen) atoms. The van der Waals surface area contributed by atoms with Crippen LogP contribution in [0, 0.1) is 11.8 Å². The van der Waals surface area contributed by atoms with Crippen LogP contribution in [-0.2, 0) is 33.8 Å². The molecule has 0 aliphatic heterocycles. The minimum Gasteiger partial charge on any atom is -0.449 e. The van der Waals surface area contributed by atoms with Crippen LogP contribution in [-0.4, -0.2) is 44.4 Å². The van der Waals surface area contributed by atoms with Crippen LogP contribution in [0.5, 0.6) is 0 Å². The van der Waals surface area contributed by atoms with Crippen molar-refractivity contribution in [3.8, 4) is 0 Å². The number of alkyl carbamates (subject to hydrolysis) is 1. The number of hydrogen-bond donors (Lipinski definition) is 2. The number of unbranched alkanes of at least 4 members (excludes halogenated alkanes) is 1. The van der Waals surface area contributed by atoms with E-state index in [1.807, 2.05) is 6.92 Å². The van der Waals surface area contributed by atoms with Gasteiger partial charge in [0.2, 0.25) is 0 Å². The van der Waals surface area contributed by atoms with Gasteiger partial charge < -0.3 is 10.1 Å². The normalized spacial score (nSPS) is 17.6. The van der Waals surface area contributed by atoms with Gasteiger partial charge >= 0.3 is 28.7 Å². The van der Waals surface area contributed by atoms with E-state index in [9.17, 15) is 44.3 Å². The Kier molecular flexibility index (Phi) is 12.1. The summed E-state index contributed by atoms with van der Waals surface area (Å²) in [6, 6.07) is 7.92. The van der Waals surface area contributed by atoms with Gasteiger partial charge in [0.1, 0.15) is 0 Å². The second-order valence-electron chi connectivity index (χ2n) is 10.7. The third-order valence-electron chi connectivity index (χ3n) is 7.29. The van der Waals surface area contributed by atoms with E-state index in [2.05, 4.69) is 10.0 Å². The van der Waals surface area contributed by atoms with Crippen molar-refractivity contribution in [3.05, 3.63) is 70.8 Å². The fourth-order valence-corrected chi connectivity index (χ4v) is 6.00. The Morgan fingerprint density at radius 3 is 2.02 bits per heavy atom. The summed E-state index contributed by atoms with van der Waals surface area (Å²) in [7, 11) is -4.72. The first-order chi connectivity index (χ1) is 20.6. The third kappa shape index (κ3) is 10.4. The zero-order valence-electron chi connectivity index (χ0n) is 24.0. The molecule has 0 saturated heterocycles. The summed E-state index contributed by atoms with van der Waals surface area (Å²) in [6.45, 7) is 1.99. The van der Waals surface area contributed by atoms with E-state index in [1.54, 1.807) is 18.2 Å². The Hall–Kier alpha value is -3.33. The number of alkyl halides is 6. The molecule has 0 unspecified atom stereocenters. The molecular weight excluding hydrogens is 616 g/mol. The van der Waals surface area contributed by atoms with Crippen LogP contribution < -0.4 is 10.0 Å². The summed E-state index contributed by atoms with van der Waals surface area (Å²) in [5.74, 6) is -1.62. The highest BCUT2D eigenvalue weighted by atomic mass is 32.2. The second kappa shape index (κ2) is 15.1. The minimum absolute atomic E-state index is 0.0830. The monoisotopic (exact) mass is 651 g/mol. The first-order valence-corrected chi connectivity index (χ1v) is 15.6.